The summed E-state index contributed by atoms with van der Waals surface area (Å²) in [6.07, 6.45) is 15.7. The lowest BCUT2D eigenvalue weighted by Gasteiger charge is -2.34. The molecular formula is C60H53Cl2F2N13O2. The number of hydrogen-bond donors (Lipinski definition) is 2. The van der Waals surface area contributed by atoms with E-state index in [2.05, 4.69) is 30.4 Å². The fraction of sp³-hybridized carbons (Fsp3) is 0.300. The van der Waals surface area contributed by atoms with Crippen LogP contribution in [0.3, 0.4) is 0 Å². The zero-order valence-corrected chi connectivity index (χ0v) is 44.7. The van der Waals surface area contributed by atoms with Gasteiger partial charge in [-0.05, 0) is 90.4 Å². The maximum absolute atomic E-state index is 17.7. The van der Waals surface area contributed by atoms with Crippen LogP contribution in [0.25, 0.3) is 77.0 Å². The van der Waals surface area contributed by atoms with Gasteiger partial charge in [-0.3, -0.25) is 15.0 Å². The highest BCUT2D eigenvalue weighted by atomic mass is 35.5. The first-order chi connectivity index (χ1) is 38.6. The summed E-state index contributed by atoms with van der Waals surface area (Å²) in [4.78, 5) is 42.4. The number of aryl methyl sites for hydroxylation is 1. The first-order valence-corrected chi connectivity index (χ1v) is 27.7. The van der Waals surface area contributed by atoms with E-state index >= 15 is 8.78 Å². The molecule has 0 spiro atoms. The second kappa shape index (κ2) is 20.5. The van der Waals surface area contributed by atoms with Crippen molar-refractivity contribution in [2.75, 3.05) is 55.7 Å². The highest BCUT2D eigenvalue weighted by Crippen LogP contribution is 2.42. The van der Waals surface area contributed by atoms with Gasteiger partial charge in [0.15, 0.2) is 11.6 Å². The summed E-state index contributed by atoms with van der Waals surface area (Å²) in [5, 5.41) is 12.3. The summed E-state index contributed by atoms with van der Waals surface area (Å²) in [5.74, 6) is 1.40. The molecule has 15 nitrogen and oxygen atoms in total. The third-order valence-corrected chi connectivity index (χ3v) is 16.8. The molecule has 4 aliphatic heterocycles. The number of piperazine rings is 1. The van der Waals surface area contributed by atoms with E-state index in [9.17, 15) is 0 Å². The number of aromatic nitrogens is 9. The number of ether oxygens (including phenoxy) is 2. The Balaban J connectivity index is 0.786. The standard InChI is InChI=1S/C60H53Cl2F2N13O2/c1-75-18-16-66-48(75)15-20-79-60-72-56-45(58(74-60)77-30-39-11-12-40(31-77)70-39)29-69-54(52(56)64)43-24-37(23-36-7-4-10-47(62)50(36)43)38-21-34(25-65-27-38)14-19-78-59-71-55-44(57(73-59)76-17-13-33-22-41(32-76)67-26-33)28-68-53(51(55)63)42-8-2-5-35-6-3-9-46(61)49(35)42/h2-10,16,18,21,23-25,27-29,33,39-41,67,70H,11-15,17,19-20,22,26,30-32H2,1H3. The van der Waals surface area contributed by atoms with E-state index < -0.39 is 11.6 Å². The maximum atomic E-state index is 17.7. The summed E-state index contributed by atoms with van der Waals surface area (Å²) >= 11 is 13.7. The van der Waals surface area contributed by atoms with Crippen LogP contribution in [-0.2, 0) is 19.9 Å². The molecule has 4 atom stereocenters. The van der Waals surface area contributed by atoms with Gasteiger partial charge in [0.1, 0.15) is 39.9 Å². The molecule has 4 bridgehead atoms. The number of rotatable bonds is 13. The Bertz CT molecular complexity index is 4020. The Morgan fingerprint density at radius 3 is 2.00 bits per heavy atom. The van der Waals surface area contributed by atoms with Gasteiger partial charge in [-0.15, -0.1) is 0 Å². The smallest absolute Gasteiger partial charge is 0.319 e. The number of halogens is 4. The van der Waals surface area contributed by atoms with Gasteiger partial charge >= 0.3 is 12.0 Å². The number of imidazole rings is 1. The molecule has 14 rings (SSSR count). The molecule has 4 saturated heterocycles. The van der Waals surface area contributed by atoms with Crippen LogP contribution in [0.1, 0.15) is 37.1 Å². The molecule has 10 heterocycles. The lowest BCUT2D eigenvalue weighted by molar-refractivity contribution is 0.293. The minimum Gasteiger partial charge on any atom is -0.463 e. The van der Waals surface area contributed by atoms with Crippen LogP contribution >= 0.6 is 23.2 Å². The van der Waals surface area contributed by atoms with Crippen molar-refractivity contribution in [2.45, 2.75) is 56.7 Å². The molecule has 10 aromatic rings. The summed E-state index contributed by atoms with van der Waals surface area (Å²) in [6, 6.07) is 23.9. The van der Waals surface area contributed by atoms with Gasteiger partial charge in [-0.2, -0.15) is 19.9 Å². The Morgan fingerprint density at radius 2 is 1.29 bits per heavy atom. The number of hydrogen-bond acceptors (Lipinski definition) is 14. The van der Waals surface area contributed by atoms with Crippen molar-refractivity contribution in [3.8, 4) is 45.7 Å². The first-order valence-electron chi connectivity index (χ1n) is 26.9. The van der Waals surface area contributed by atoms with Crippen molar-refractivity contribution in [3.63, 3.8) is 0 Å². The monoisotopic (exact) mass is 1100 g/mol. The summed E-state index contributed by atoms with van der Waals surface area (Å²) in [6.45, 7) is 4.33. The molecule has 0 saturated carbocycles. The zero-order valence-electron chi connectivity index (χ0n) is 43.1. The maximum Gasteiger partial charge on any atom is 0.319 e. The molecule has 0 radical (unpaired) electrons. The molecule has 0 amide bonds. The van der Waals surface area contributed by atoms with Gasteiger partial charge < -0.3 is 34.5 Å². The van der Waals surface area contributed by atoms with E-state index in [1.54, 1.807) is 43.1 Å². The fourth-order valence-electron chi connectivity index (χ4n) is 12.3. The van der Waals surface area contributed by atoms with Crippen LogP contribution in [-0.4, -0.2) is 109 Å². The average molecular weight is 1100 g/mol. The van der Waals surface area contributed by atoms with E-state index in [4.69, 9.17) is 62.6 Å². The quantitative estimate of drug-likeness (QED) is 0.112. The van der Waals surface area contributed by atoms with Gasteiger partial charge in [0.05, 0.1) is 24.0 Å². The first kappa shape index (κ1) is 49.6. The van der Waals surface area contributed by atoms with Crippen molar-refractivity contribution in [1.82, 2.24) is 55.1 Å². The highest BCUT2D eigenvalue weighted by molar-refractivity contribution is 6.37. The van der Waals surface area contributed by atoms with E-state index in [0.717, 1.165) is 85.1 Å². The fourth-order valence-corrected chi connectivity index (χ4v) is 12.9. The lowest BCUT2D eigenvalue weighted by atomic mass is 9.94. The Morgan fingerprint density at radius 1 is 0.646 bits per heavy atom. The third-order valence-electron chi connectivity index (χ3n) is 16.2. The van der Waals surface area contributed by atoms with E-state index in [1.807, 2.05) is 78.5 Å². The normalized spacial score (nSPS) is 19.1. The van der Waals surface area contributed by atoms with Gasteiger partial charge in [0.25, 0.3) is 0 Å². The van der Waals surface area contributed by atoms with E-state index in [1.165, 1.54) is 0 Å². The number of nitrogens with one attached hydrogen (secondary N) is 2. The molecule has 19 heteroatoms. The number of anilines is 2. The van der Waals surface area contributed by atoms with E-state index in [0.29, 0.717) is 91.7 Å². The Hall–Kier alpha value is -7.70. The second-order valence-corrected chi connectivity index (χ2v) is 22.1. The van der Waals surface area contributed by atoms with Crippen LogP contribution < -0.4 is 29.9 Å². The SMILES string of the molecule is Cn1ccnc1CCOc1nc(N2CC3CCC(C2)N3)c2cnc(-c3cc(-c4cncc(CCOc5nc(N6CCC7CNC(C7)C6)c6cnc(-c7cccc8cccc(Cl)c78)c(F)c6n5)c4)cc4cccc(Cl)c34)c(F)c2n1. The van der Waals surface area contributed by atoms with Gasteiger partial charge in [-0.1, -0.05) is 65.7 Å². The van der Waals surface area contributed by atoms with Crippen molar-refractivity contribution in [3.05, 3.63) is 143 Å². The summed E-state index contributed by atoms with van der Waals surface area (Å²) in [7, 11) is 1.93. The van der Waals surface area contributed by atoms with Gasteiger partial charge in [0.2, 0.25) is 0 Å². The van der Waals surface area contributed by atoms with Crippen LogP contribution in [0.4, 0.5) is 20.4 Å². The molecule has 79 heavy (non-hydrogen) atoms. The van der Waals surface area contributed by atoms with Gasteiger partial charge in [0, 0.05) is 139 Å². The van der Waals surface area contributed by atoms with Crippen molar-refractivity contribution in [2.24, 2.45) is 13.0 Å². The van der Waals surface area contributed by atoms with Crippen molar-refractivity contribution in [1.29, 1.82) is 0 Å². The highest BCUT2D eigenvalue weighted by Gasteiger charge is 2.35. The van der Waals surface area contributed by atoms with Crippen LogP contribution in [0, 0.1) is 17.6 Å². The molecule has 398 valence electrons. The molecule has 4 fully saturated rings. The predicted molar refractivity (Wildman–Crippen MR) is 304 cm³/mol. The second-order valence-electron chi connectivity index (χ2n) is 21.2. The Labute approximate surface area is 463 Å². The average Bonchev–Trinajstić information content (AvgIpc) is 4.32. The summed E-state index contributed by atoms with van der Waals surface area (Å²) < 4.78 is 49.4. The van der Waals surface area contributed by atoms with E-state index in [-0.39, 0.29) is 53.7 Å². The third kappa shape index (κ3) is 9.35. The minimum atomic E-state index is -0.611. The van der Waals surface area contributed by atoms with Crippen LogP contribution in [0.5, 0.6) is 12.0 Å². The zero-order chi connectivity index (χ0) is 53.3. The van der Waals surface area contributed by atoms with Crippen LogP contribution in [0.15, 0.2) is 110 Å². The number of nitrogens with zero attached hydrogens (tertiary/aromatic N) is 11. The molecule has 4 unspecified atom stereocenters. The molecule has 6 aromatic heterocycles. The largest absolute Gasteiger partial charge is 0.463 e. The van der Waals surface area contributed by atoms with Crippen LogP contribution in [0.2, 0.25) is 10.0 Å². The predicted octanol–water partition coefficient (Wildman–Crippen LogP) is 10.8. The minimum absolute atomic E-state index is 0.0578. The number of fused-ring (bicyclic) bond motifs is 8. The lowest BCUT2D eigenvalue weighted by Crippen LogP contribution is -2.51. The Kier molecular flexibility index (Phi) is 12.9. The van der Waals surface area contributed by atoms with Crippen molar-refractivity contribution < 1.29 is 18.3 Å². The van der Waals surface area contributed by atoms with Gasteiger partial charge in [-0.25, -0.2) is 13.8 Å². The van der Waals surface area contributed by atoms with Crippen molar-refractivity contribution >= 4 is 78.2 Å². The molecule has 4 aromatic carbocycles. The molecular weight excluding hydrogens is 1040 g/mol. The molecule has 4 aliphatic rings. The summed E-state index contributed by atoms with van der Waals surface area (Å²) in [5.41, 5.74) is 3.95. The number of pyridine rings is 3. The molecule has 0 aliphatic carbocycles. The topological polar surface area (TPSA) is 157 Å². The molecule has 2 N–H and O–H groups in total. The number of benzene rings is 4.